The molecule has 0 spiro atoms. The first-order chi connectivity index (χ1) is 8.56. The van der Waals surface area contributed by atoms with Crippen molar-refractivity contribution < 1.29 is 0 Å². The van der Waals surface area contributed by atoms with Gasteiger partial charge in [-0.05, 0) is 43.2 Å². The van der Waals surface area contributed by atoms with Crippen LogP contribution in [0, 0.1) is 18.8 Å². The highest BCUT2D eigenvalue weighted by Crippen LogP contribution is 2.31. The second-order valence-corrected chi connectivity index (χ2v) is 6.20. The van der Waals surface area contributed by atoms with Crippen molar-refractivity contribution in [3.05, 3.63) is 23.0 Å². The Hall–Kier alpha value is -0.760. The van der Waals surface area contributed by atoms with Gasteiger partial charge >= 0.3 is 0 Å². The summed E-state index contributed by atoms with van der Waals surface area (Å²) in [6.07, 6.45) is 7.10. The Morgan fingerprint density at radius 1 is 1.39 bits per heavy atom. The van der Waals surface area contributed by atoms with Gasteiger partial charge in [0, 0.05) is 6.04 Å². The number of halogens is 1. The average molecular weight is 267 g/mol. The largest absolute Gasteiger partial charge is 0.381 e. The molecule has 0 aliphatic heterocycles. The van der Waals surface area contributed by atoms with Crippen molar-refractivity contribution in [2.45, 2.75) is 52.5 Å². The van der Waals surface area contributed by atoms with Crippen LogP contribution in [0.15, 0.2) is 12.3 Å². The summed E-state index contributed by atoms with van der Waals surface area (Å²) in [4.78, 5) is 4.20. The summed E-state index contributed by atoms with van der Waals surface area (Å²) in [6, 6.07) is 2.68. The molecular formula is C15H23ClN2. The standard InChI is InChI=1S/C15H23ClN2/c1-10(2)12-5-4-6-13(8-12)18-14-7-11(3)15(16)17-9-14/h7,9-10,12-13,18H,4-6,8H2,1-3H3. The molecule has 0 aromatic carbocycles. The number of hydrogen-bond acceptors (Lipinski definition) is 2. The van der Waals surface area contributed by atoms with Crippen molar-refractivity contribution in [3.63, 3.8) is 0 Å². The van der Waals surface area contributed by atoms with E-state index in [2.05, 4.69) is 30.2 Å². The second-order valence-electron chi connectivity index (χ2n) is 5.84. The average Bonchev–Trinajstić information content (AvgIpc) is 2.34. The van der Waals surface area contributed by atoms with Gasteiger partial charge in [0.25, 0.3) is 0 Å². The molecule has 0 saturated heterocycles. The van der Waals surface area contributed by atoms with Crippen molar-refractivity contribution in [2.75, 3.05) is 5.32 Å². The van der Waals surface area contributed by atoms with Crippen LogP contribution in [-0.2, 0) is 0 Å². The molecule has 1 heterocycles. The number of nitrogens with zero attached hydrogens (tertiary/aromatic N) is 1. The Morgan fingerprint density at radius 3 is 2.83 bits per heavy atom. The van der Waals surface area contributed by atoms with Gasteiger partial charge in [-0.25, -0.2) is 4.98 Å². The summed E-state index contributed by atoms with van der Waals surface area (Å²) in [5.41, 5.74) is 2.14. The van der Waals surface area contributed by atoms with Crippen LogP contribution in [0.3, 0.4) is 0 Å². The normalized spacial score (nSPS) is 24.3. The summed E-state index contributed by atoms with van der Waals surface area (Å²) in [6.45, 7) is 6.67. The maximum absolute atomic E-state index is 5.95. The third-order valence-corrected chi connectivity index (χ3v) is 4.44. The number of nitrogens with one attached hydrogen (secondary N) is 1. The zero-order chi connectivity index (χ0) is 13.1. The predicted molar refractivity (Wildman–Crippen MR) is 78.2 cm³/mol. The van der Waals surface area contributed by atoms with Crippen LogP contribution in [-0.4, -0.2) is 11.0 Å². The predicted octanol–water partition coefficient (Wildman–Crippen LogP) is 4.67. The van der Waals surface area contributed by atoms with E-state index >= 15 is 0 Å². The van der Waals surface area contributed by atoms with Gasteiger partial charge in [-0.3, -0.25) is 0 Å². The van der Waals surface area contributed by atoms with Crippen molar-refractivity contribution in [3.8, 4) is 0 Å². The molecule has 0 amide bonds. The van der Waals surface area contributed by atoms with E-state index < -0.39 is 0 Å². The Morgan fingerprint density at radius 2 is 2.17 bits per heavy atom. The molecule has 1 aliphatic carbocycles. The maximum atomic E-state index is 5.95. The van der Waals surface area contributed by atoms with E-state index in [0.29, 0.717) is 11.2 Å². The smallest absolute Gasteiger partial charge is 0.132 e. The van der Waals surface area contributed by atoms with E-state index in [1.54, 1.807) is 0 Å². The van der Waals surface area contributed by atoms with Gasteiger partial charge in [-0.1, -0.05) is 38.3 Å². The first-order valence-corrected chi connectivity index (χ1v) is 7.32. The quantitative estimate of drug-likeness (QED) is 0.804. The third kappa shape index (κ3) is 3.38. The Bertz CT molecular complexity index is 403. The lowest BCUT2D eigenvalue weighted by Gasteiger charge is -2.32. The Labute approximate surface area is 115 Å². The van der Waals surface area contributed by atoms with Gasteiger partial charge in [0.1, 0.15) is 5.15 Å². The van der Waals surface area contributed by atoms with Gasteiger partial charge in [0.15, 0.2) is 0 Å². The second kappa shape index (κ2) is 5.92. The van der Waals surface area contributed by atoms with Crippen LogP contribution in [0.25, 0.3) is 0 Å². The van der Waals surface area contributed by atoms with Gasteiger partial charge in [-0.15, -0.1) is 0 Å². The molecular weight excluding hydrogens is 244 g/mol. The number of pyridine rings is 1. The van der Waals surface area contributed by atoms with Crippen LogP contribution in [0.2, 0.25) is 5.15 Å². The van der Waals surface area contributed by atoms with Crippen LogP contribution >= 0.6 is 11.6 Å². The molecule has 2 atom stereocenters. The zero-order valence-electron chi connectivity index (χ0n) is 11.5. The molecule has 1 aliphatic rings. The minimum absolute atomic E-state index is 0.591. The highest BCUT2D eigenvalue weighted by Gasteiger charge is 2.24. The van der Waals surface area contributed by atoms with Gasteiger partial charge < -0.3 is 5.32 Å². The van der Waals surface area contributed by atoms with E-state index in [-0.39, 0.29) is 0 Å². The van der Waals surface area contributed by atoms with Gasteiger partial charge in [0.2, 0.25) is 0 Å². The molecule has 3 heteroatoms. The number of aromatic nitrogens is 1. The lowest BCUT2D eigenvalue weighted by atomic mass is 9.79. The summed E-state index contributed by atoms with van der Waals surface area (Å²) in [7, 11) is 0. The monoisotopic (exact) mass is 266 g/mol. The molecule has 1 fully saturated rings. The lowest BCUT2D eigenvalue weighted by molar-refractivity contribution is 0.264. The Balaban J connectivity index is 1.98. The van der Waals surface area contributed by atoms with E-state index in [0.717, 1.165) is 23.1 Å². The van der Waals surface area contributed by atoms with E-state index in [1.165, 1.54) is 25.7 Å². The molecule has 2 unspecified atom stereocenters. The molecule has 18 heavy (non-hydrogen) atoms. The SMILES string of the molecule is Cc1cc(NC2CCCC(C(C)C)C2)cnc1Cl. The summed E-state index contributed by atoms with van der Waals surface area (Å²) < 4.78 is 0. The highest BCUT2D eigenvalue weighted by atomic mass is 35.5. The minimum Gasteiger partial charge on any atom is -0.381 e. The number of hydrogen-bond donors (Lipinski definition) is 1. The van der Waals surface area contributed by atoms with Crippen LogP contribution in [0.4, 0.5) is 5.69 Å². The molecule has 1 aromatic heterocycles. The van der Waals surface area contributed by atoms with E-state index in [4.69, 9.17) is 11.6 Å². The van der Waals surface area contributed by atoms with Crippen molar-refractivity contribution in [2.24, 2.45) is 11.8 Å². The van der Waals surface area contributed by atoms with Crippen LogP contribution in [0.1, 0.15) is 45.1 Å². The molecule has 2 rings (SSSR count). The molecule has 100 valence electrons. The third-order valence-electron chi connectivity index (χ3n) is 4.04. The first kappa shape index (κ1) is 13.7. The molecule has 2 nitrogen and oxygen atoms in total. The molecule has 0 radical (unpaired) electrons. The number of aryl methyl sites for hydroxylation is 1. The van der Waals surface area contributed by atoms with Crippen LogP contribution in [0.5, 0.6) is 0 Å². The topological polar surface area (TPSA) is 24.9 Å². The first-order valence-electron chi connectivity index (χ1n) is 6.95. The molecule has 0 bridgehead atoms. The number of anilines is 1. The summed E-state index contributed by atoms with van der Waals surface area (Å²) >= 11 is 5.95. The fourth-order valence-electron chi connectivity index (χ4n) is 2.84. The summed E-state index contributed by atoms with van der Waals surface area (Å²) in [5, 5.41) is 4.21. The van der Waals surface area contributed by atoms with Gasteiger partial charge in [-0.2, -0.15) is 0 Å². The maximum Gasteiger partial charge on any atom is 0.132 e. The lowest BCUT2D eigenvalue weighted by Crippen LogP contribution is -2.29. The molecule has 1 N–H and O–H groups in total. The molecule has 1 saturated carbocycles. The van der Waals surface area contributed by atoms with Crippen LogP contribution < -0.4 is 5.32 Å². The van der Waals surface area contributed by atoms with Gasteiger partial charge in [0.05, 0.1) is 11.9 Å². The fraction of sp³-hybridized carbons (Fsp3) is 0.667. The van der Waals surface area contributed by atoms with Crippen molar-refractivity contribution in [1.82, 2.24) is 4.98 Å². The molecule has 1 aromatic rings. The van der Waals surface area contributed by atoms with E-state index in [1.807, 2.05) is 13.1 Å². The Kier molecular flexibility index (Phi) is 4.50. The van der Waals surface area contributed by atoms with E-state index in [9.17, 15) is 0 Å². The zero-order valence-corrected chi connectivity index (χ0v) is 12.3. The van der Waals surface area contributed by atoms with Crippen molar-refractivity contribution in [1.29, 1.82) is 0 Å². The van der Waals surface area contributed by atoms with Crippen molar-refractivity contribution >= 4 is 17.3 Å². The minimum atomic E-state index is 0.591. The highest BCUT2D eigenvalue weighted by molar-refractivity contribution is 6.30. The number of rotatable bonds is 3. The summed E-state index contributed by atoms with van der Waals surface area (Å²) in [5.74, 6) is 1.65. The fourth-order valence-corrected chi connectivity index (χ4v) is 2.94.